The molecule has 1 saturated heterocycles. The zero-order valence-electron chi connectivity index (χ0n) is 12.7. The van der Waals surface area contributed by atoms with Crippen LogP contribution in [0.3, 0.4) is 0 Å². The maximum absolute atomic E-state index is 12.1. The van der Waals surface area contributed by atoms with E-state index in [9.17, 15) is 8.42 Å². The second-order valence-electron chi connectivity index (χ2n) is 6.18. The first kappa shape index (κ1) is 16.2. The van der Waals surface area contributed by atoms with Gasteiger partial charge in [0.1, 0.15) is 0 Å². The zero-order chi connectivity index (χ0) is 14.8. The number of likely N-dealkylation sites (tertiary alicyclic amines) is 1. The van der Waals surface area contributed by atoms with E-state index in [1.807, 2.05) is 6.92 Å². The lowest BCUT2D eigenvalue weighted by atomic mass is 9.91. The molecule has 118 valence electrons. The maximum atomic E-state index is 12.1. The van der Waals surface area contributed by atoms with E-state index in [0.29, 0.717) is 13.2 Å². The molecule has 0 aromatic rings. The largest absolute Gasteiger partial charge is 0.377 e. The highest BCUT2D eigenvalue weighted by Gasteiger charge is 2.51. The number of sulfone groups is 1. The molecule has 1 aliphatic carbocycles. The smallest absolute Gasteiger partial charge is 0.152 e. The third-order valence-electron chi connectivity index (χ3n) is 4.96. The van der Waals surface area contributed by atoms with E-state index in [1.165, 1.54) is 6.26 Å². The molecule has 0 radical (unpaired) electrons. The molecule has 3 unspecified atom stereocenters. The van der Waals surface area contributed by atoms with Crippen molar-refractivity contribution in [1.82, 2.24) is 4.90 Å². The van der Waals surface area contributed by atoms with Crippen LogP contribution in [0.1, 0.15) is 39.0 Å². The van der Waals surface area contributed by atoms with Crippen LogP contribution in [0.4, 0.5) is 0 Å². The standard InChI is InChI=1S/C14H28N2O3S/c1-3-19-12-6-5-9-16(10-12)14(11-15)8-4-7-13(14)20(2,17)18/h12-13H,3-11,15H2,1-2H3. The average Bonchev–Trinajstić information content (AvgIpc) is 2.84. The third kappa shape index (κ3) is 3.03. The van der Waals surface area contributed by atoms with Gasteiger partial charge in [-0.15, -0.1) is 0 Å². The van der Waals surface area contributed by atoms with Gasteiger partial charge in [0.15, 0.2) is 9.84 Å². The van der Waals surface area contributed by atoms with Gasteiger partial charge in [-0.2, -0.15) is 0 Å². The van der Waals surface area contributed by atoms with Crippen LogP contribution in [0, 0.1) is 0 Å². The number of hydrogen-bond acceptors (Lipinski definition) is 5. The molecule has 0 amide bonds. The van der Waals surface area contributed by atoms with E-state index in [-0.39, 0.29) is 16.9 Å². The van der Waals surface area contributed by atoms with Gasteiger partial charge in [0, 0.05) is 31.5 Å². The summed E-state index contributed by atoms with van der Waals surface area (Å²) in [6.45, 7) is 4.89. The Morgan fingerprint density at radius 3 is 2.70 bits per heavy atom. The predicted molar refractivity (Wildman–Crippen MR) is 80.5 cm³/mol. The molecule has 0 aromatic heterocycles. The summed E-state index contributed by atoms with van der Waals surface area (Å²) in [6.07, 6.45) is 6.28. The number of rotatable bonds is 5. The Balaban J connectivity index is 2.21. The minimum absolute atomic E-state index is 0.220. The van der Waals surface area contributed by atoms with Crippen LogP contribution < -0.4 is 5.73 Å². The van der Waals surface area contributed by atoms with Gasteiger partial charge in [-0.25, -0.2) is 8.42 Å². The molecule has 6 heteroatoms. The molecule has 0 bridgehead atoms. The van der Waals surface area contributed by atoms with E-state index >= 15 is 0 Å². The summed E-state index contributed by atoms with van der Waals surface area (Å²) >= 11 is 0. The van der Waals surface area contributed by atoms with Gasteiger partial charge < -0.3 is 10.5 Å². The average molecular weight is 304 g/mol. The minimum Gasteiger partial charge on any atom is -0.377 e. The molecular formula is C14H28N2O3S. The Kier molecular flexibility index (Phi) is 5.10. The number of nitrogens with two attached hydrogens (primary N) is 1. The van der Waals surface area contributed by atoms with Crippen molar-refractivity contribution in [3.05, 3.63) is 0 Å². The minimum atomic E-state index is -3.06. The summed E-state index contributed by atoms with van der Waals surface area (Å²) in [5.41, 5.74) is 5.69. The number of ether oxygens (including phenoxy) is 1. The van der Waals surface area contributed by atoms with Gasteiger partial charge in [-0.1, -0.05) is 6.42 Å². The van der Waals surface area contributed by atoms with Gasteiger partial charge >= 0.3 is 0 Å². The van der Waals surface area contributed by atoms with Crippen molar-refractivity contribution in [2.24, 2.45) is 5.73 Å². The summed E-state index contributed by atoms with van der Waals surface area (Å²) in [6, 6.07) is 0. The van der Waals surface area contributed by atoms with Gasteiger partial charge in [0.2, 0.25) is 0 Å². The molecular weight excluding hydrogens is 276 g/mol. The lowest BCUT2D eigenvalue weighted by Crippen LogP contribution is -2.63. The summed E-state index contributed by atoms with van der Waals surface area (Å²) in [5, 5.41) is -0.319. The molecule has 0 aromatic carbocycles. The van der Waals surface area contributed by atoms with E-state index in [1.54, 1.807) is 0 Å². The Morgan fingerprint density at radius 2 is 2.10 bits per heavy atom. The van der Waals surface area contributed by atoms with Crippen molar-refractivity contribution < 1.29 is 13.2 Å². The monoisotopic (exact) mass is 304 g/mol. The molecule has 3 atom stereocenters. The summed E-state index contributed by atoms with van der Waals surface area (Å²) in [4.78, 5) is 2.32. The summed E-state index contributed by atoms with van der Waals surface area (Å²) in [7, 11) is -3.06. The van der Waals surface area contributed by atoms with Crippen LogP contribution in [0.15, 0.2) is 0 Å². The van der Waals surface area contributed by atoms with Crippen LogP contribution in [0.2, 0.25) is 0 Å². The van der Waals surface area contributed by atoms with Crippen molar-refractivity contribution in [2.45, 2.75) is 55.9 Å². The van der Waals surface area contributed by atoms with E-state index in [0.717, 1.165) is 45.2 Å². The van der Waals surface area contributed by atoms with Crippen LogP contribution in [-0.2, 0) is 14.6 Å². The first-order valence-corrected chi connectivity index (χ1v) is 9.65. The number of piperidine rings is 1. The molecule has 2 fully saturated rings. The molecule has 2 aliphatic rings. The molecule has 0 spiro atoms. The molecule has 1 saturated carbocycles. The molecule has 1 heterocycles. The number of nitrogens with zero attached hydrogens (tertiary/aromatic N) is 1. The molecule has 2 rings (SSSR count). The highest BCUT2D eigenvalue weighted by atomic mass is 32.2. The first-order chi connectivity index (χ1) is 9.44. The van der Waals surface area contributed by atoms with Gasteiger partial charge in [0.25, 0.3) is 0 Å². The molecule has 5 nitrogen and oxygen atoms in total. The van der Waals surface area contributed by atoms with Crippen molar-refractivity contribution in [3.8, 4) is 0 Å². The highest BCUT2D eigenvalue weighted by Crippen LogP contribution is 2.40. The van der Waals surface area contributed by atoms with Gasteiger partial charge in [0.05, 0.1) is 11.4 Å². The summed E-state index contributed by atoms with van der Waals surface area (Å²) in [5.74, 6) is 0. The SMILES string of the molecule is CCOC1CCCN(C2(CN)CCCC2S(C)(=O)=O)C1. The zero-order valence-corrected chi connectivity index (χ0v) is 13.5. The Labute approximate surface area is 122 Å². The van der Waals surface area contributed by atoms with Crippen LogP contribution in [-0.4, -0.2) is 62.7 Å². The fraction of sp³-hybridized carbons (Fsp3) is 1.00. The Hall–Kier alpha value is -0.170. The van der Waals surface area contributed by atoms with Crippen LogP contribution >= 0.6 is 0 Å². The predicted octanol–water partition coefficient (Wildman–Crippen LogP) is 0.782. The lowest BCUT2D eigenvalue weighted by molar-refractivity contribution is -0.0302. The van der Waals surface area contributed by atoms with Crippen molar-refractivity contribution in [3.63, 3.8) is 0 Å². The van der Waals surface area contributed by atoms with E-state index < -0.39 is 9.84 Å². The fourth-order valence-electron chi connectivity index (χ4n) is 4.07. The third-order valence-corrected chi connectivity index (χ3v) is 6.66. The van der Waals surface area contributed by atoms with Crippen LogP contribution in [0.5, 0.6) is 0 Å². The second kappa shape index (κ2) is 6.30. The lowest BCUT2D eigenvalue weighted by Gasteiger charge is -2.47. The van der Waals surface area contributed by atoms with Crippen molar-refractivity contribution in [2.75, 3.05) is 32.5 Å². The maximum Gasteiger partial charge on any atom is 0.152 e. The van der Waals surface area contributed by atoms with Gasteiger partial charge in [-0.3, -0.25) is 4.90 Å². The Morgan fingerprint density at radius 1 is 1.35 bits per heavy atom. The molecule has 1 aliphatic heterocycles. The quantitative estimate of drug-likeness (QED) is 0.812. The second-order valence-corrected chi connectivity index (χ2v) is 8.41. The highest BCUT2D eigenvalue weighted by molar-refractivity contribution is 7.91. The Bertz CT molecular complexity index is 424. The van der Waals surface area contributed by atoms with E-state index in [4.69, 9.17) is 10.5 Å². The van der Waals surface area contributed by atoms with Gasteiger partial charge in [-0.05, 0) is 39.2 Å². The summed E-state index contributed by atoms with van der Waals surface area (Å²) < 4.78 is 30.0. The normalized spacial score (nSPS) is 36.4. The van der Waals surface area contributed by atoms with E-state index in [2.05, 4.69) is 4.90 Å². The fourth-order valence-corrected chi connectivity index (χ4v) is 5.83. The number of hydrogen-bond donors (Lipinski definition) is 1. The van der Waals surface area contributed by atoms with Crippen molar-refractivity contribution >= 4 is 9.84 Å². The first-order valence-electron chi connectivity index (χ1n) is 7.69. The molecule has 20 heavy (non-hydrogen) atoms. The molecule has 2 N–H and O–H groups in total. The van der Waals surface area contributed by atoms with Crippen LogP contribution in [0.25, 0.3) is 0 Å². The topological polar surface area (TPSA) is 72.6 Å². The van der Waals surface area contributed by atoms with Crippen molar-refractivity contribution in [1.29, 1.82) is 0 Å².